The molecule has 0 aliphatic heterocycles. The highest BCUT2D eigenvalue weighted by Gasteiger charge is 2.83. The minimum Gasteiger partial charge on any atom is -0.378 e. The first-order valence-corrected chi connectivity index (χ1v) is 9.23. The van der Waals surface area contributed by atoms with Gasteiger partial charge in [-0.2, -0.15) is 43.2 Å². The molecule has 0 fully saturated rings. The van der Waals surface area contributed by atoms with Gasteiger partial charge in [0, 0.05) is 0 Å². The smallest absolute Gasteiger partial charge is 0.378 e. The van der Waals surface area contributed by atoms with Crippen LogP contribution in [0.4, 0.5) is 26.3 Å². The van der Waals surface area contributed by atoms with E-state index in [1.165, 1.54) is 6.07 Å². The fourth-order valence-corrected chi connectivity index (χ4v) is 3.37. The van der Waals surface area contributed by atoms with E-state index in [0.717, 1.165) is 12.1 Å². The summed E-state index contributed by atoms with van der Waals surface area (Å²) >= 11 is 0. The number of allylic oxidation sites excluding steroid dienone is 1. The molecule has 0 spiro atoms. The highest BCUT2D eigenvalue weighted by Crippen LogP contribution is 2.51. The lowest BCUT2D eigenvalue weighted by molar-refractivity contribution is -0.247. The van der Waals surface area contributed by atoms with E-state index >= 15 is 0 Å². The van der Waals surface area contributed by atoms with E-state index in [-0.39, 0.29) is 6.42 Å². The molecule has 146 valence electrons. The van der Waals surface area contributed by atoms with E-state index < -0.39 is 42.4 Å². The van der Waals surface area contributed by atoms with Crippen LogP contribution < -0.4 is 4.18 Å². The third kappa shape index (κ3) is 2.95. The summed E-state index contributed by atoms with van der Waals surface area (Å²) in [7, 11) is -13.9. The topological polar surface area (TPSA) is 97.7 Å². The summed E-state index contributed by atoms with van der Waals surface area (Å²) in [5.74, 6) is -7.91. The highest BCUT2D eigenvalue weighted by molar-refractivity contribution is 7.88. The van der Waals surface area contributed by atoms with Crippen LogP contribution in [0.2, 0.25) is 0 Å². The van der Waals surface area contributed by atoms with Gasteiger partial charge in [0.2, 0.25) is 0 Å². The Morgan fingerprint density at radius 2 is 1.54 bits per heavy atom. The summed E-state index contributed by atoms with van der Waals surface area (Å²) in [5.41, 5.74) is 0.945. The van der Waals surface area contributed by atoms with Gasteiger partial charge in [0.1, 0.15) is 5.75 Å². The summed E-state index contributed by atoms with van der Waals surface area (Å²) < 4.78 is 136. The second-order valence-corrected chi connectivity index (χ2v) is 8.14. The standard InChI is InChI=1S/C12H8F6O6S2/c13-10(14,11(15,16)25(19,20)21)12(17,18)26(22,23)24-9-5-4-7-2-1-3-8(7)6-9/h1-2,4-6H,3H2,(H,19,20,21). The van der Waals surface area contributed by atoms with Gasteiger partial charge < -0.3 is 4.18 Å². The SMILES string of the molecule is O=S(=O)(O)C(F)(F)C(F)(F)C(F)(F)S(=O)(=O)Oc1ccc2c(c1)CC=C2. The number of hydrogen-bond donors (Lipinski definition) is 1. The van der Waals surface area contributed by atoms with Crippen molar-refractivity contribution >= 4 is 26.3 Å². The van der Waals surface area contributed by atoms with E-state index in [1.54, 1.807) is 12.2 Å². The average Bonchev–Trinajstić information content (AvgIpc) is 2.92. The van der Waals surface area contributed by atoms with Crippen LogP contribution in [0.25, 0.3) is 6.08 Å². The van der Waals surface area contributed by atoms with Gasteiger partial charge in [0.05, 0.1) is 0 Å². The fraction of sp³-hybridized carbons (Fsp3) is 0.333. The summed E-state index contributed by atoms with van der Waals surface area (Å²) in [6, 6.07) is 2.91. The van der Waals surface area contributed by atoms with Crippen LogP contribution in [0, 0.1) is 0 Å². The Morgan fingerprint density at radius 3 is 2.08 bits per heavy atom. The number of halogens is 6. The van der Waals surface area contributed by atoms with Crippen molar-refractivity contribution in [2.24, 2.45) is 0 Å². The molecular formula is C12H8F6O6S2. The summed E-state index contributed by atoms with van der Waals surface area (Å²) in [5, 5.41) is -13.5. The lowest BCUT2D eigenvalue weighted by Crippen LogP contribution is -2.61. The molecule has 0 unspecified atom stereocenters. The first-order chi connectivity index (χ1) is 11.5. The maximum atomic E-state index is 13.6. The van der Waals surface area contributed by atoms with Gasteiger partial charge in [-0.25, -0.2) is 0 Å². The van der Waals surface area contributed by atoms with E-state index in [4.69, 9.17) is 4.55 Å². The maximum Gasteiger partial charge on any atom is 0.450 e. The van der Waals surface area contributed by atoms with Crippen molar-refractivity contribution < 1.29 is 51.9 Å². The molecule has 0 amide bonds. The zero-order chi connectivity index (χ0) is 20.2. The molecule has 1 aliphatic rings. The number of benzene rings is 1. The van der Waals surface area contributed by atoms with Crippen LogP contribution in [0.15, 0.2) is 24.3 Å². The molecule has 1 aliphatic carbocycles. The molecule has 0 heterocycles. The zero-order valence-electron chi connectivity index (χ0n) is 12.2. The molecule has 1 N–H and O–H groups in total. The van der Waals surface area contributed by atoms with Gasteiger partial charge in [0.25, 0.3) is 0 Å². The van der Waals surface area contributed by atoms with Crippen molar-refractivity contribution in [1.82, 2.24) is 0 Å². The van der Waals surface area contributed by atoms with E-state index in [0.29, 0.717) is 11.1 Å². The molecule has 0 saturated heterocycles. The average molecular weight is 426 g/mol. The lowest BCUT2D eigenvalue weighted by Gasteiger charge is -2.29. The highest BCUT2D eigenvalue weighted by atomic mass is 32.2. The Balaban J connectivity index is 2.43. The van der Waals surface area contributed by atoms with Crippen molar-refractivity contribution in [1.29, 1.82) is 0 Å². The largest absolute Gasteiger partial charge is 0.450 e. The Hall–Kier alpha value is -1.80. The number of fused-ring (bicyclic) bond motifs is 1. The van der Waals surface area contributed by atoms with Crippen LogP contribution in [0.3, 0.4) is 0 Å². The van der Waals surface area contributed by atoms with Crippen LogP contribution in [-0.2, 0) is 26.7 Å². The van der Waals surface area contributed by atoms with Gasteiger partial charge in [-0.1, -0.05) is 18.2 Å². The Labute approximate surface area is 142 Å². The molecule has 2 rings (SSSR count). The molecule has 0 radical (unpaired) electrons. The number of rotatable bonds is 6. The number of hydrogen-bond acceptors (Lipinski definition) is 5. The fourth-order valence-electron chi connectivity index (χ4n) is 1.95. The van der Waals surface area contributed by atoms with Gasteiger partial charge in [-0.15, -0.1) is 0 Å². The molecule has 1 aromatic carbocycles. The molecule has 1 aromatic rings. The predicted molar refractivity (Wildman–Crippen MR) is 75.1 cm³/mol. The molecule has 14 heteroatoms. The Bertz CT molecular complexity index is 968. The van der Waals surface area contributed by atoms with Crippen molar-refractivity contribution in [2.75, 3.05) is 0 Å². The third-order valence-corrected chi connectivity index (χ3v) is 5.53. The van der Waals surface area contributed by atoms with Crippen molar-refractivity contribution in [3.8, 4) is 5.75 Å². The minimum atomic E-state index is -7.08. The molecule has 26 heavy (non-hydrogen) atoms. The van der Waals surface area contributed by atoms with Crippen LogP contribution in [0.1, 0.15) is 11.1 Å². The van der Waals surface area contributed by atoms with Crippen molar-refractivity contribution in [3.63, 3.8) is 0 Å². The van der Waals surface area contributed by atoms with Gasteiger partial charge >= 0.3 is 36.7 Å². The number of alkyl halides is 6. The van der Waals surface area contributed by atoms with Gasteiger partial charge in [0.15, 0.2) is 0 Å². The van der Waals surface area contributed by atoms with Gasteiger partial charge in [-0.3, -0.25) is 4.55 Å². The third-order valence-electron chi connectivity index (χ3n) is 3.32. The quantitative estimate of drug-likeness (QED) is 0.427. The molecule has 0 saturated carbocycles. The van der Waals surface area contributed by atoms with Crippen LogP contribution in [-0.4, -0.2) is 37.8 Å². The molecule has 0 atom stereocenters. The zero-order valence-corrected chi connectivity index (χ0v) is 13.8. The second kappa shape index (κ2) is 5.85. The summed E-state index contributed by atoms with van der Waals surface area (Å²) in [4.78, 5) is 0. The normalized spacial score (nSPS) is 15.8. The molecular weight excluding hydrogens is 418 g/mol. The summed E-state index contributed by atoms with van der Waals surface area (Å²) in [6.07, 6.45) is 3.45. The molecule has 6 nitrogen and oxygen atoms in total. The monoisotopic (exact) mass is 426 g/mol. The van der Waals surface area contributed by atoms with Crippen LogP contribution >= 0.6 is 0 Å². The maximum absolute atomic E-state index is 13.6. The Morgan fingerprint density at radius 1 is 0.962 bits per heavy atom. The van der Waals surface area contributed by atoms with E-state index in [9.17, 15) is 43.2 Å². The Kier molecular flexibility index (Phi) is 4.62. The lowest BCUT2D eigenvalue weighted by atomic mass is 10.1. The first-order valence-electron chi connectivity index (χ1n) is 6.38. The summed E-state index contributed by atoms with van der Waals surface area (Å²) in [6.45, 7) is 0. The second-order valence-electron chi connectivity index (χ2n) is 5.09. The van der Waals surface area contributed by atoms with Crippen LogP contribution in [0.5, 0.6) is 5.75 Å². The minimum absolute atomic E-state index is 0.250. The van der Waals surface area contributed by atoms with E-state index in [2.05, 4.69) is 4.18 Å². The molecule has 0 bridgehead atoms. The first kappa shape index (κ1) is 20.5. The van der Waals surface area contributed by atoms with Crippen molar-refractivity contribution in [2.45, 2.75) is 22.9 Å². The predicted octanol–water partition coefficient (Wildman–Crippen LogP) is 2.67. The van der Waals surface area contributed by atoms with Crippen molar-refractivity contribution in [3.05, 3.63) is 35.4 Å². The van der Waals surface area contributed by atoms with Gasteiger partial charge in [-0.05, 0) is 29.7 Å². The molecule has 0 aromatic heterocycles. The van der Waals surface area contributed by atoms with E-state index in [1.807, 2.05) is 0 Å².